The van der Waals surface area contributed by atoms with Gasteiger partial charge in [-0.25, -0.2) is 0 Å². The second-order valence-electron chi connectivity index (χ2n) is 4.88. The number of benzene rings is 1. The second kappa shape index (κ2) is 5.16. The van der Waals surface area contributed by atoms with Crippen molar-refractivity contribution in [1.82, 2.24) is 0 Å². The Morgan fingerprint density at radius 3 is 2.72 bits per heavy atom. The van der Waals surface area contributed by atoms with Crippen molar-refractivity contribution in [2.75, 3.05) is 0 Å². The quantitative estimate of drug-likeness (QED) is 0.893. The summed E-state index contributed by atoms with van der Waals surface area (Å²) in [6, 6.07) is 12.6. The molecule has 1 aromatic heterocycles. The minimum absolute atomic E-state index is 0.217. The summed E-state index contributed by atoms with van der Waals surface area (Å²) < 4.78 is 1.13. The van der Waals surface area contributed by atoms with E-state index in [9.17, 15) is 5.11 Å². The molecule has 0 bridgehead atoms. The first-order chi connectivity index (χ1) is 8.75. The van der Waals surface area contributed by atoms with Crippen LogP contribution in [0.2, 0.25) is 0 Å². The molecular formula is C15H15BrOS. The topological polar surface area (TPSA) is 20.2 Å². The fourth-order valence-corrected chi connectivity index (χ4v) is 4.10. The summed E-state index contributed by atoms with van der Waals surface area (Å²) in [4.78, 5) is 1.25. The van der Waals surface area contributed by atoms with E-state index in [4.69, 9.17) is 0 Å². The van der Waals surface area contributed by atoms with Crippen LogP contribution in [-0.2, 0) is 6.42 Å². The van der Waals surface area contributed by atoms with Crippen LogP contribution in [0.4, 0.5) is 0 Å². The van der Waals surface area contributed by atoms with Gasteiger partial charge in [-0.05, 0) is 51.2 Å². The van der Waals surface area contributed by atoms with Gasteiger partial charge in [0.1, 0.15) is 0 Å². The first kappa shape index (κ1) is 12.4. The number of halogens is 1. The third kappa shape index (κ3) is 2.53. The van der Waals surface area contributed by atoms with Crippen molar-refractivity contribution in [2.45, 2.75) is 24.9 Å². The predicted octanol–water partition coefficient (Wildman–Crippen LogP) is 4.22. The molecule has 1 aliphatic carbocycles. The maximum absolute atomic E-state index is 10.3. The van der Waals surface area contributed by atoms with Crippen LogP contribution in [0.25, 0.3) is 0 Å². The Balaban J connectivity index is 1.63. The summed E-state index contributed by atoms with van der Waals surface area (Å²) in [7, 11) is 0. The van der Waals surface area contributed by atoms with Crippen molar-refractivity contribution >= 4 is 27.3 Å². The Morgan fingerprint density at radius 2 is 2.06 bits per heavy atom. The molecule has 18 heavy (non-hydrogen) atoms. The molecule has 0 saturated heterocycles. The smallest absolute Gasteiger partial charge is 0.0623 e. The lowest BCUT2D eigenvalue weighted by molar-refractivity contribution is 0.150. The highest BCUT2D eigenvalue weighted by Crippen LogP contribution is 2.50. The van der Waals surface area contributed by atoms with Gasteiger partial charge < -0.3 is 5.11 Å². The SMILES string of the molecule is OC(Cc1sccc1Br)C1CC1c1ccccc1. The van der Waals surface area contributed by atoms with Crippen molar-refractivity contribution in [3.8, 4) is 0 Å². The van der Waals surface area contributed by atoms with Gasteiger partial charge in [-0.15, -0.1) is 11.3 Å². The number of rotatable bonds is 4. The molecule has 1 N–H and O–H groups in total. The number of aliphatic hydroxyl groups is 1. The molecular weight excluding hydrogens is 308 g/mol. The Hall–Kier alpha value is -0.640. The van der Waals surface area contributed by atoms with Gasteiger partial charge in [0.05, 0.1) is 6.10 Å². The molecule has 1 saturated carbocycles. The third-order valence-electron chi connectivity index (χ3n) is 3.65. The minimum atomic E-state index is -0.217. The Morgan fingerprint density at radius 1 is 1.28 bits per heavy atom. The van der Waals surface area contributed by atoms with E-state index in [0.29, 0.717) is 11.8 Å². The first-order valence-corrected chi connectivity index (χ1v) is 7.88. The molecule has 3 rings (SSSR count). The number of aliphatic hydroxyl groups excluding tert-OH is 1. The van der Waals surface area contributed by atoms with Crippen LogP contribution in [0.1, 0.15) is 22.8 Å². The standard InChI is InChI=1S/C15H15BrOS/c16-13-6-7-18-15(13)9-14(17)12-8-11(12)10-4-2-1-3-5-10/h1-7,11-12,14,17H,8-9H2. The predicted molar refractivity (Wildman–Crippen MR) is 79.0 cm³/mol. The molecule has 1 aliphatic rings. The van der Waals surface area contributed by atoms with E-state index in [1.807, 2.05) is 12.1 Å². The highest BCUT2D eigenvalue weighted by Gasteiger charge is 2.43. The normalized spacial score (nSPS) is 23.9. The van der Waals surface area contributed by atoms with E-state index >= 15 is 0 Å². The van der Waals surface area contributed by atoms with Crippen molar-refractivity contribution in [3.63, 3.8) is 0 Å². The molecule has 3 heteroatoms. The summed E-state index contributed by atoms with van der Waals surface area (Å²) in [5.74, 6) is 0.987. The van der Waals surface area contributed by atoms with Crippen molar-refractivity contribution in [3.05, 3.63) is 56.7 Å². The first-order valence-electron chi connectivity index (χ1n) is 6.20. The summed E-state index contributed by atoms with van der Waals surface area (Å²) in [6.07, 6.45) is 1.67. The molecule has 0 aliphatic heterocycles. The number of hydrogen-bond acceptors (Lipinski definition) is 2. The molecule has 2 aromatic rings. The van der Waals surface area contributed by atoms with Gasteiger partial charge in [0.2, 0.25) is 0 Å². The van der Waals surface area contributed by atoms with E-state index in [-0.39, 0.29) is 6.10 Å². The van der Waals surface area contributed by atoms with Crippen LogP contribution >= 0.6 is 27.3 Å². The van der Waals surface area contributed by atoms with Crippen LogP contribution < -0.4 is 0 Å². The molecule has 1 aromatic carbocycles. The van der Waals surface area contributed by atoms with Gasteiger partial charge in [-0.2, -0.15) is 0 Å². The average Bonchev–Trinajstić information content (AvgIpc) is 3.10. The molecule has 3 unspecified atom stereocenters. The van der Waals surface area contributed by atoms with E-state index in [1.165, 1.54) is 10.4 Å². The second-order valence-corrected chi connectivity index (χ2v) is 6.73. The summed E-state index contributed by atoms with van der Waals surface area (Å²) in [6.45, 7) is 0. The lowest BCUT2D eigenvalue weighted by Crippen LogP contribution is -2.13. The Labute approximate surface area is 120 Å². The molecule has 0 amide bonds. The van der Waals surface area contributed by atoms with Crippen molar-refractivity contribution in [1.29, 1.82) is 0 Å². The monoisotopic (exact) mass is 322 g/mol. The molecule has 1 heterocycles. The van der Waals surface area contributed by atoms with E-state index in [1.54, 1.807) is 11.3 Å². The Kier molecular flexibility index (Phi) is 3.55. The van der Waals surface area contributed by atoms with Crippen LogP contribution in [0, 0.1) is 5.92 Å². The zero-order valence-corrected chi connectivity index (χ0v) is 12.3. The van der Waals surface area contributed by atoms with Gasteiger partial charge in [-0.1, -0.05) is 30.3 Å². The lowest BCUT2D eigenvalue weighted by Gasteiger charge is -2.09. The fourth-order valence-electron chi connectivity index (χ4n) is 2.54. The van der Waals surface area contributed by atoms with Gasteiger partial charge in [-0.3, -0.25) is 0 Å². The maximum Gasteiger partial charge on any atom is 0.0623 e. The molecule has 94 valence electrons. The molecule has 3 atom stereocenters. The van der Waals surface area contributed by atoms with E-state index in [0.717, 1.165) is 17.3 Å². The van der Waals surface area contributed by atoms with Crippen molar-refractivity contribution < 1.29 is 5.11 Å². The molecule has 1 fully saturated rings. The van der Waals surface area contributed by atoms with E-state index in [2.05, 4.69) is 45.6 Å². The largest absolute Gasteiger partial charge is 0.392 e. The highest BCUT2D eigenvalue weighted by molar-refractivity contribution is 9.10. The van der Waals surface area contributed by atoms with Crippen LogP contribution in [0.3, 0.4) is 0 Å². The average molecular weight is 323 g/mol. The van der Waals surface area contributed by atoms with Crippen molar-refractivity contribution in [2.24, 2.45) is 5.92 Å². The van der Waals surface area contributed by atoms with Gasteiger partial charge in [0, 0.05) is 15.8 Å². The minimum Gasteiger partial charge on any atom is -0.392 e. The molecule has 0 spiro atoms. The zero-order chi connectivity index (χ0) is 12.5. The lowest BCUT2D eigenvalue weighted by atomic mass is 10.0. The fraction of sp³-hybridized carbons (Fsp3) is 0.333. The maximum atomic E-state index is 10.3. The zero-order valence-electron chi connectivity index (χ0n) is 9.92. The summed E-state index contributed by atoms with van der Waals surface area (Å²) in [5.41, 5.74) is 1.37. The van der Waals surface area contributed by atoms with Crippen LogP contribution in [0.15, 0.2) is 46.3 Å². The third-order valence-corrected chi connectivity index (χ3v) is 5.60. The molecule has 0 radical (unpaired) electrons. The van der Waals surface area contributed by atoms with Gasteiger partial charge in [0.25, 0.3) is 0 Å². The Bertz CT molecular complexity index is 522. The molecule has 1 nitrogen and oxygen atoms in total. The highest BCUT2D eigenvalue weighted by atomic mass is 79.9. The summed E-state index contributed by atoms with van der Waals surface area (Å²) >= 11 is 5.24. The number of thiophene rings is 1. The van der Waals surface area contributed by atoms with Crippen LogP contribution in [0.5, 0.6) is 0 Å². The van der Waals surface area contributed by atoms with E-state index < -0.39 is 0 Å². The van der Waals surface area contributed by atoms with Crippen LogP contribution in [-0.4, -0.2) is 11.2 Å². The number of hydrogen-bond donors (Lipinski definition) is 1. The van der Waals surface area contributed by atoms with Gasteiger partial charge >= 0.3 is 0 Å². The summed E-state index contributed by atoms with van der Waals surface area (Å²) in [5, 5.41) is 12.4. The van der Waals surface area contributed by atoms with Gasteiger partial charge in [0.15, 0.2) is 0 Å².